The second-order valence-electron chi connectivity index (χ2n) is 3.51. The number of rotatable bonds is 4. The van der Waals surface area contributed by atoms with Gasteiger partial charge in [0, 0.05) is 0 Å². The van der Waals surface area contributed by atoms with Gasteiger partial charge in [-0.3, -0.25) is 4.72 Å². The standard InChI is InChI=1S/C10H12BrFN2O4S/c1-3-18-10(15)14-19(16,17)13-9-5-8(12)7(11)4-6(9)2/h4-5,13H,3H2,1-2H3,(H,14,15). The zero-order chi connectivity index (χ0) is 14.6. The highest BCUT2D eigenvalue weighted by atomic mass is 79.9. The summed E-state index contributed by atoms with van der Waals surface area (Å²) in [6.07, 6.45) is -1.11. The molecule has 6 nitrogen and oxygen atoms in total. The molecule has 0 aromatic heterocycles. The topological polar surface area (TPSA) is 84.5 Å². The number of hydrogen-bond donors (Lipinski definition) is 2. The molecule has 19 heavy (non-hydrogen) atoms. The summed E-state index contributed by atoms with van der Waals surface area (Å²) in [6, 6.07) is 2.42. The average Bonchev–Trinajstić information content (AvgIpc) is 2.24. The Hall–Kier alpha value is -1.35. The van der Waals surface area contributed by atoms with E-state index in [2.05, 4.69) is 20.7 Å². The highest BCUT2D eigenvalue weighted by molar-refractivity contribution is 9.10. The van der Waals surface area contributed by atoms with Gasteiger partial charge in [-0.25, -0.2) is 13.9 Å². The molecule has 1 amide bonds. The van der Waals surface area contributed by atoms with Gasteiger partial charge < -0.3 is 4.74 Å². The first kappa shape index (κ1) is 15.7. The Bertz CT molecular complexity index is 591. The minimum absolute atomic E-state index is 0.0255. The molecule has 106 valence electrons. The van der Waals surface area contributed by atoms with Gasteiger partial charge in [-0.05, 0) is 47.5 Å². The third kappa shape index (κ3) is 4.67. The van der Waals surface area contributed by atoms with Crippen LogP contribution >= 0.6 is 15.9 Å². The van der Waals surface area contributed by atoms with Crippen molar-refractivity contribution in [2.24, 2.45) is 0 Å². The summed E-state index contributed by atoms with van der Waals surface area (Å²) in [6.45, 7) is 3.16. The Morgan fingerprint density at radius 2 is 2.11 bits per heavy atom. The van der Waals surface area contributed by atoms with Crippen molar-refractivity contribution in [2.75, 3.05) is 11.3 Å². The molecule has 2 N–H and O–H groups in total. The van der Waals surface area contributed by atoms with Crippen LogP contribution in [0.3, 0.4) is 0 Å². The summed E-state index contributed by atoms with van der Waals surface area (Å²) in [5.41, 5.74) is 0.514. The highest BCUT2D eigenvalue weighted by Crippen LogP contribution is 2.24. The number of nitrogens with one attached hydrogen (secondary N) is 2. The first-order valence-corrected chi connectivity index (χ1v) is 7.45. The van der Waals surface area contributed by atoms with Crippen molar-refractivity contribution in [1.82, 2.24) is 4.72 Å². The van der Waals surface area contributed by atoms with Crippen molar-refractivity contribution < 1.29 is 22.3 Å². The van der Waals surface area contributed by atoms with Crippen LogP contribution in [-0.4, -0.2) is 21.1 Å². The molecule has 1 aromatic rings. The van der Waals surface area contributed by atoms with E-state index in [0.717, 1.165) is 6.07 Å². The second-order valence-corrected chi connectivity index (χ2v) is 5.78. The molecule has 0 atom stereocenters. The lowest BCUT2D eigenvalue weighted by Crippen LogP contribution is -2.35. The maximum absolute atomic E-state index is 13.3. The van der Waals surface area contributed by atoms with Crippen LogP contribution in [0.2, 0.25) is 0 Å². The van der Waals surface area contributed by atoms with Crippen molar-refractivity contribution >= 4 is 37.9 Å². The lowest BCUT2D eigenvalue weighted by atomic mass is 10.2. The van der Waals surface area contributed by atoms with E-state index < -0.39 is 22.1 Å². The molecule has 0 spiro atoms. The number of carbonyl (C=O) groups excluding carboxylic acids is 1. The number of amides is 1. The molecule has 0 saturated heterocycles. The number of anilines is 1. The number of aryl methyl sites for hydroxylation is 1. The predicted molar refractivity (Wildman–Crippen MR) is 71.5 cm³/mol. The minimum atomic E-state index is -4.16. The first-order chi connectivity index (χ1) is 8.75. The number of hydrogen-bond acceptors (Lipinski definition) is 4. The van der Waals surface area contributed by atoms with E-state index in [1.54, 1.807) is 11.6 Å². The third-order valence-corrected chi connectivity index (χ3v) is 3.54. The molecule has 1 rings (SSSR count). The fourth-order valence-electron chi connectivity index (χ4n) is 1.20. The molecule has 1 aromatic carbocycles. The monoisotopic (exact) mass is 354 g/mol. The van der Waals surface area contributed by atoms with Crippen LogP contribution in [0.25, 0.3) is 0 Å². The Balaban J connectivity index is 2.90. The maximum Gasteiger partial charge on any atom is 0.422 e. The van der Waals surface area contributed by atoms with Crippen molar-refractivity contribution in [3.05, 3.63) is 28.0 Å². The van der Waals surface area contributed by atoms with Gasteiger partial charge in [0.05, 0.1) is 16.8 Å². The third-order valence-electron chi connectivity index (χ3n) is 2.00. The molecular formula is C10H12BrFN2O4S. The van der Waals surface area contributed by atoms with Gasteiger partial charge in [0.1, 0.15) is 5.82 Å². The van der Waals surface area contributed by atoms with E-state index in [1.165, 1.54) is 13.0 Å². The second kappa shape index (κ2) is 6.20. The Kier molecular flexibility index (Phi) is 5.12. The summed E-state index contributed by atoms with van der Waals surface area (Å²) in [5.74, 6) is -0.626. The smallest absolute Gasteiger partial charge is 0.422 e. The summed E-state index contributed by atoms with van der Waals surface area (Å²) < 4.78 is 44.8. The Morgan fingerprint density at radius 1 is 1.47 bits per heavy atom. The van der Waals surface area contributed by atoms with Crippen LogP contribution in [0, 0.1) is 12.7 Å². The summed E-state index contributed by atoms with van der Waals surface area (Å²) in [7, 11) is -4.16. The van der Waals surface area contributed by atoms with Crippen LogP contribution in [0.15, 0.2) is 16.6 Å². The van der Waals surface area contributed by atoms with Gasteiger partial charge in [-0.15, -0.1) is 0 Å². The van der Waals surface area contributed by atoms with Crippen LogP contribution in [-0.2, 0) is 14.9 Å². The van der Waals surface area contributed by atoms with E-state index in [0.29, 0.717) is 5.56 Å². The molecule has 0 fully saturated rings. The van der Waals surface area contributed by atoms with Crippen LogP contribution < -0.4 is 9.44 Å². The van der Waals surface area contributed by atoms with Crippen LogP contribution in [0.1, 0.15) is 12.5 Å². The largest absolute Gasteiger partial charge is 0.449 e. The van der Waals surface area contributed by atoms with E-state index in [-0.39, 0.29) is 16.8 Å². The van der Waals surface area contributed by atoms with Gasteiger partial charge in [-0.1, -0.05) is 0 Å². The number of carbonyl (C=O) groups is 1. The Labute approximate surface area is 118 Å². The molecule has 9 heteroatoms. The predicted octanol–water partition coefficient (Wildman–Crippen LogP) is 2.30. The highest BCUT2D eigenvalue weighted by Gasteiger charge is 2.17. The van der Waals surface area contributed by atoms with Crippen LogP contribution in [0.5, 0.6) is 0 Å². The molecule has 0 radical (unpaired) electrons. The minimum Gasteiger partial charge on any atom is -0.449 e. The molecule has 0 aliphatic heterocycles. The van der Waals surface area contributed by atoms with Crippen molar-refractivity contribution in [1.29, 1.82) is 0 Å². The SMILES string of the molecule is CCOC(=O)NS(=O)(=O)Nc1cc(F)c(Br)cc1C. The molecule has 0 aliphatic rings. The molecule has 0 heterocycles. The quantitative estimate of drug-likeness (QED) is 0.868. The zero-order valence-corrected chi connectivity index (χ0v) is 12.6. The molecular weight excluding hydrogens is 343 g/mol. The van der Waals surface area contributed by atoms with Crippen LogP contribution in [0.4, 0.5) is 14.9 Å². The molecule has 0 unspecified atom stereocenters. The Morgan fingerprint density at radius 3 is 2.68 bits per heavy atom. The molecule has 0 aliphatic carbocycles. The summed E-state index contributed by atoms with van der Waals surface area (Å²) >= 11 is 2.98. The van der Waals surface area contributed by atoms with E-state index in [1.807, 2.05) is 4.72 Å². The summed E-state index contributed by atoms with van der Waals surface area (Å²) in [5, 5.41) is 0. The van der Waals surface area contributed by atoms with Crippen molar-refractivity contribution in [3.8, 4) is 0 Å². The average molecular weight is 355 g/mol. The van der Waals surface area contributed by atoms with Gasteiger partial charge >= 0.3 is 16.3 Å². The fourth-order valence-corrected chi connectivity index (χ4v) is 2.49. The first-order valence-electron chi connectivity index (χ1n) is 5.18. The number of benzene rings is 1. The van der Waals surface area contributed by atoms with Gasteiger partial charge in [-0.2, -0.15) is 8.42 Å². The fraction of sp³-hybridized carbons (Fsp3) is 0.300. The zero-order valence-electron chi connectivity index (χ0n) is 10.2. The summed E-state index contributed by atoms with van der Waals surface area (Å²) in [4.78, 5) is 11.0. The van der Waals surface area contributed by atoms with E-state index in [9.17, 15) is 17.6 Å². The van der Waals surface area contributed by atoms with E-state index in [4.69, 9.17) is 0 Å². The molecule has 0 saturated carbocycles. The maximum atomic E-state index is 13.3. The van der Waals surface area contributed by atoms with Gasteiger partial charge in [0.2, 0.25) is 0 Å². The lowest BCUT2D eigenvalue weighted by molar-refractivity contribution is 0.159. The van der Waals surface area contributed by atoms with Gasteiger partial charge in [0.15, 0.2) is 0 Å². The number of ether oxygens (including phenoxy) is 1. The van der Waals surface area contributed by atoms with Gasteiger partial charge in [0.25, 0.3) is 0 Å². The van der Waals surface area contributed by atoms with Crippen molar-refractivity contribution in [3.63, 3.8) is 0 Å². The van der Waals surface area contributed by atoms with Crippen molar-refractivity contribution in [2.45, 2.75) is 13.8 Å². The normalized spacial score (nSPS) is 10.9. The van der Waals surface area contributed by atoms with E-state index >= 15 is 0 Å². The molecule has 0 bridgehead atoms. The number of halogens is 2. The lowest BCUT2D eigenvalue weighted by Gasteiger charge is -2.11.